The Labute approximate surface area is 155 Å². The summed E-state index contributed by atoms with van der Waals surface area (Å²) < 4.78 is 6.13. The van der Waals surface area contributed by atoms with Crippen LogP contribution in [0.4, 0.5) is 15.3 Å². The number of anilines is 1. The Morgan fingerprint density at radius 3 is 2.64 bits per heavy atom. The van der Waals surface area contributed by atoms with E-state index in [1.807, 2.05) is 6.07 Å². The third kappa shape index (κ3) is 5.74. The Bertz CT molecular complexity index is 672. The Balaban J connectivity index is 1.94. The number of nitrogens with one attached hydrogen (secondary N) is 2. The van der Waals surface area contributed by atoms with Gasteiger partial charge in [-0.2, -0.15) is 0 Å². The Morgan fingerprint density at radius 2 is 2.00 bits per heavy atom. The van der Waals surface area contributed by atoms with Crippen LogP contribution in [-0.2, 0) is 9.53 Å². The molecule has 0 bridgehead atoms. The fourth-order valence-corrected chi connectivity index (χ4v) is 2.90. The molecule has 1 fully saturated rings. The van der Waals surface area contributed by atoms with E-state index in [4.69, 9.17) is 4.74 Å². The summed E-state index contributed by atoms with van der Waals surface area (Å²) in [4.78, 5) is 37.9. The van der Waals surface area contributed by atoms with E-state index in [1.165, 1.54) is 4.90 Å². The summed E-state index contributed by atoms with van der Waals surface area (Å²) in [6.07, 6.45) is 0.636. The first-order valence-corrected chi connectivity index (χ1v) is 8.82. The normalized spacial score (nSPS) is 17.1. The molecule has 0 radical (unpaired) electrons. The number of halogens is 1. The third-order valence-corrected chi connectivity index (χ3v) is 4.00. The van der Waals surface area contributed by atoms with Crippen molar-refractivity contribution in [2.24, 2.45) is 0 Å². The molecule has 1 aliphatic rings. The van der Waals surface area contributed by atoms with E-state index in [1.54, 1.807) is 39.0 Å². The molecule has 7 nitrogen and oxygen atoms in total. The van der Waals surface area contributed by atoms with Crippen molar-refractivity contribution in [2.45, 2.75) is 45.3 Å². The van der Waals surface area contributed by atoms with Crippen molar-refractivity contribution in [3.05, 3.63) is 28.7 Å². The molecule has 4 amide bonds. The van der Waals surface area contributed by atoms with Crippen LogP contribution in [-0.4, -0.2) is 41.1 Å². The molecule has 1 aliphatic heterocycles. The van der Waals surface area contributed by atoms with Crippen molar-refractivity contribution < 1.29 is 19.1 Å². The van der Waals surface area contributed by atoms with Crippen molar-refractivity contribution in [2.75, 3.05) is 11.9 Å². The molecule has 0 saturated carbocycles. The van der Waals surface area contributed by atoms with Gasteiger partial charge in [-0.3, -0.25) is 15.0 Å². The van der Waals surface area contributed by atoms with E-state index in [0.29, 0.717) is 25.1 Å². The van der Waals surface area contributed by atoms with Gasteiger partial charge in [0.2, 0.25) is 0 Å². The molecular weight excluding hydrogens is 390 g/mol. The lowest BCUT2D eigenvalue weighted by atomic mass is 10.2. The minimum atomic E-state index is -0.705. The number of imide groups is 1. The summed E-state index contributed by atoms with van der Waals surface area (Å²) in [6.45, 7) is 5.73. The van der Waals surface area contributed by atoms with Crippen molar-refractivity contribution in [1.82, 2.24) is 10.2 Å². The third-order valence-electron chi connectivity index (χ3n) is 3.50. The highest BCUT2D eigenvalue weighted by Crippen LogP contribution is 2.21. The summed E-state index contributed by atoms with van der Waals surface area (Å²) in [7, 11) is 0. The largest absolute Gasteiger partial charge is 0.444 e. The summed E-state index contributed by atoms with van der Waals surface area (Å²) in [5.74, 6) is -0.518. The van der Waals surface area contributed by atoms with Gasteiger partial charge in [-0.05, 0) is 51.8 Å². The second-order valence-electron chi connectivity index (χ2n) is 6.79. The van der Waals surface area contributed by atoms with Gasteiger partial charge in [0.15, 0.2) is 0 Å². The van der Waals surface area contributed by atoms with Gasteiger partial charge in [-0.15, -0.1) is 0 Å². The number of carbonyl (C=O) groups is 3. The van der Waals surface area contributed by atoms with E-state index >= 15 is 0 Å². The molecule has 1 saturated heterocycles. The highest BCUT2D eigenvalue weighted by molar-refractivity contribution is 9.10. The first kappa shape index (κ1) is 19.2. The van der Waals surface area contributed by atoms with Gasteiger partial charge in [0, 0.05) is 16.7 Å². The van der Waals surface area contributed by atoms with Crippen LogP contribution >= 0.6 is 15.9 Å². The number of hydrogen-bond acceptors (Lipinski definition) is 4. The standard InChI is InChI=1S/C17H22BrN3O4/c1-17(2,3)25-16(24)21-9-5-8-13(21)14(22)20-15(23)19-12-7-4-6-11(18)10-12/h4,6-7,10,13H,5,8-9H2,1-3H3,(H2,19,20,22,23)/t13-/m0/s1. The fraction of sp³-hybridized carbons (Fsp3) is 0.471. The Kier molecular flexibility index (Phi) is 6.05. The Hall–Kier alpha value is -2.09. The lowest BCUT2D eigenvalue weighted by molar-refractivity contribution is -0.124. The highest BCUT2D eigenvalue weighted by atomic mass is 79.9. The maximum Gasteiger partial charge on any atom is 0.410 e. The fourth-order valence-electron chi connectivity index (χ4n) is 2.50. The predicted molar refractivity (Wildman–Crippen MR) is 97.3 cm³/mol. The Morgan fingerprint density at radius 1 is 1.28 bits per heavy atom. The topological polar surface area (TPSA) is 87.7 Å². The molecule has 0 aromatic heterocycles. The first-order valence-electron chi connectivity index (χ1n) is 8.03. The molecule has 25 heavy (non-hydrogen) atoms. The van der Waals surface area contributed by atoms with Gasteiger partial charge in [-0.25, -0.2) is 9.59 Å². The number of benzene rings is 1. The molecule has 1 aromatic rings. The number of hydrogen-bond donors (Lipinski definition) is 2. The molecule has 8 heteroatoms. The van der Waals surface area contributed by atoms with Crippen molar-refractivity contribution >= 4 is 39.6 Å². The maximum atomic E-state index is 12.4. The number of carbonyl (C=O) groups excluding carboxylic acids is 3. The SMILES string of the molecule is CC(C)(C)OC(=O)N1CCC[C@H]1C(=O)NC(=O)Nc1cccc(Br)c1. The van der Waals surface area contributed by atoms with Crippen molar-refractivity contribution in [3.8, 4) is 0 Å². The summed E-state index contributed by atoms with van der Waals surface area (Å²) in [5.41, 5.74) is -0.0891. The molecule has 2 N–H and O–H groups in total. The average Bonchev–Trinajstić information content (AvgIpc) is 2.94. The van der Waals surface area contributed by atoms with Crippen molar-refractivity contribution in [3.63, 3.8) is 0 Å². The van der Waals surface area contributed by atoms with Crippen LogP contribution in [0.5, 0.6) is 0 Å². The zero-order valence-electron chi connectivity index (χ0n) is 14.5. The van der Waals surface area contributed by atoms with Gasteiger partial charge in [0.1, 0.15) is 11.6 Å². The zero-order chi connectivity index (χ0) is 18.6. The van der Waals surface area contributed by atoms with Crippen LogP contribution < -0.4 is 10.6 Å². The summed E-state index contributed by atoms with van der Waals surface area (Å²) >= 11 is 3.31. The summed E-state index contributed by atoms with van der Waals surface area (Å²) in [6, 6.07) is 5.67. The molecule has 2 rings (SSSR count). The van der Waals surface area contributed by atoms with E-state index in [-0.39, 0.29) is 0 Å². The summed E-state index contributed by atoms with van der Waals surface area (Å²) in [5, 5.41) is 4.87. The predicted octanol–water partition coefficient (Wildman–Crippen LogP) is 3.50. The van der Waals surface area contributed by atoms with Gasteiger partial charge in [-0.1, -0.05) is 22.0 Å². The van der Waals surface area contributed by atoms with Crippen LogP contribution in [0.1, 0.15) is 33.6 Å². The van der Waals surface area contributed by atoms with Crippen LogP contribution in [0.15, 0.2) is 28.7 Å². The lowest BCUT2D eigenvalue weighted by Gasteiger charge is -2.27. The second-order valence-corrected chi connectivity index (χ2v) is 7.70. The monoisotopic (exact) mass is 411 g/mol. The number of likely N-dealkylation sites (tertiary alicyclic amines) is 1. The number of nitrogens with zero attached hydrogens (tertiary/aromatic N) is 1. The van der Waals surface area contributed by atoms with E-state index < -0.39 is 29.7 Å². The van der Waals surface area contributed by atoms with Crippen LogP contribution in [0.2, 0.25) is 0 Å². The zero-order valence-corrected chi connectivity index (χ0v) is 16.1. The number of urea groups is 1. The molecule has 1 heterocycles. The quantitative estimate of drug-likeness (QED) is 0.779. The maximum absolute atomic E-state index is 12.4. The first-order chi connectivity index (χ1) is 11.7. The highest BCUT2D eigenvalue weighted by Gasteiger charge is 2.37. The molecule has 0 unspecified atom stereocenters. The number of ether oxygens (including phenoxy) is 1. The van der Waals surface area contributed by atoms with E-state index in [2.05, 4.69) is 26.6 Å². The average molecular weight is 412 g/mol. The van der Waals surface area contributed by atoms with Gasteiger partial charge >= 0.3 is 12.1 Å². The molecule has 0 aliphatic carbocycles. The van der Waals surface area contributed by atoms with Gasteiger partial charge in [0.05, 0.1) is 0 Å². The molecule has 1 aromatic carbocycles. The molecular formula is C17H22BrN3O4. The van der Waals surface area contributed by atoms with Gasteiger partial charge in [0.25, 0.3) is 5.91 Å². The van der Waals surface area contributed by atoms with Crippen LogP contribution in [0.25, 0.3) is 0 Å². The second kappa shape index (κ2) is 7.86. The van der Waals surface area contributed by atoms with Crippen LogP contribution in [0.3, 0.4) is 0 Å². The number of rotatable bonds is 2. The van der Waals surface area contributed by atoms with E-state index in [9.17, 15) is 14.4 Å². The molecule has 0 spiro atoms. The minimum Gasteiger partial charge on any atom is -0.444 e. The minimum absolute atomic E-state index is 0.431. The molecule has 136 valence electrons. The smallest absolute Gasteiger partial charge is 0.410 e. The van der Waals surface area contributed by atoms with E-state index in [0.717, 1.165) is 4.47 Å². The lowest BCUT2D eigenvalue weighted by Crippen LogP contribution is -2.49. The van der Waals surface area contributed by atoms with Crippen molar-refractivity contribution in [1.29, 1.82) is 0 Å². The van der Waals surface area contributed by atoms with Crippen LogP contribution in [0, 0.1) is 0 Å². The van der Waals surface area contributed by atoms with Gasteiger partial charge < -0.3 is 10.1 Å². The molecule has 1 atom stereocenters. The number of amides is 4.